The fourth-order valence-electron chi connectivity index (χ4n) is 5.24. The van der Waals surface area contributed by atoms with Gasteiger partial charge in [-0.3, -0.25) is 9.59 Å². The Hall–Kier alpha value is -1.45. The molecule has 3 aliphatic carbocycles. The van der Waals surface area contributed by atoms with E-state index in [1.54, 1.807) is 6.92 Å². The molecule has 1 aliphatic heterocycles. The van der Waals surface area contributed by atoms with Crippen LogP contribution in [0.25, 0.3) is 0 Å². The smallest absolute Gasteiger partial charge is 0.318 e. The molecule has 1 heterocycles. The molecule has 21 heavy (non-hydrogen) atoms. The van der Waals surface area contributed by atoms with Crippen LogP contribution in [0.5, 0.6) is 0 Å². The van der Waals surface area contributed by atoms with Crippen LogP contribution in [-0.2, 0) is 19.1 Å². The van der Waals surface area contributed by atoms with Gasteiger partial charge in [-0.25, -0.2) is 0 Å². The molecule has 1 saturated carbocycles. The first-order valence-electron chi connectivity index (χ1n) is 7.64. The van der Waals surface area contributed by atoms with Gasteiger partial charge in [-0.05, 0) is 38.0 Å². The summed E-state index contributed by atoms with van der Waals surface area (Å²) in [6, 6.07) is 0. The summed E-state index contributed by atoms with van der Waals surface area (Å²) in [5.41, 5.74) is 0.607. The maximum Gasteiger partial charge on any atom is 0.318 e. The molecule has 4 atom stereocenters. The Labute approximate surface area is 124 Å². The van der Waals surface area contributed by atoms with Crippen molar-refractivity contribution >= 4 is 17.7 Å². The third-order valence-electron chi connectivity index (χ3n) is 6.07. The number of hydrogen-bond acceptors (Lipinski definition) is 4. The van der Waals surface area contributed by atoms with E-state index >= 15 is 0 Å². The third-order valence-corrected chi connectivity index (χ3v) is 6.07. The molecule has 4 rings (SSSR count). The summed E-state index contributed by atoms with van der Waals surface area (Å²) in [5, 5.41) is 0. The van der Waals surface area contributed by atoms with Crippen molar-refractivity contribution in [1.82, 2.24) is 0 Å². The van der Waals surface area contributed by atoms with Crippen LogP contribution in [0.2, 0.25) is 0 Å². The van der Waals surface area contributed by atoms with Crippen LogP contribution in [0.3, 0.4) is 0 Å². The van der Waals surface area contributed by atoms with E-state index in [2.05, 4.69) is 19.9 Å². The van der Waals surface area contributed by atoms with Gasteiger partial charge in [0.1, 0.15) is 5.78 Å². The zero-order valence-electron chi connectivity index (χ0n) is 13.1. The largest absolute Gasteiger partial charge is 0.393 e. The average Bonchev–Trinajstić information content (AvgIpc) is 2.64. The molecule has 0 aromatic carbocycles. The number of hydrogen-bond donors (Lipinski definition) is 0. The Kier molecular flexibility index (Phi) is 2.95. The lowest BCUT2D eigenvalue weighted by Crippen LogP contribution is -2.58. The second kappa shape index (κ2) is 4.28. The molecule has 114 valence electrons. The minimum Gasteiger partial charge on any atom is -0.393 e. The van der Waals surface area contributed by atoms with E-state index < -0.39 is 17.3 Å². The molecule has 4 nitrogen and oxygen atoms in total. The van der Waals surface area contributed by atoms with E-state index in [1.807, 2.05) is 6.92 Å². The topological polar surface area (TPSA) is 60.4 Å². The van der Waals surface area contributed by atoms with Gasteiger partial charge in [-0.2, -0.15) is 0 Å². The summed E-state index contributed by atoms with van der Waals surface area (Å²) in [4.78, 5) is 35.9. The summed E-state index contributed by atoms with van der Waals surface area (Å²) >= 11 is 0. The molecule has 0 radical (unpaired) electrons. The molecule has 0 amide bonds. The van der Waals surface area contributed by atoms with Crippen LogP contribution in [0.1, 0.15) is 47.0 Å². The molecular formula is C17H22O4. The van der Waals surface area contributed by atoms with Gasteiger partial charge in [-0.1, -0.05) is 25.5 Å². The highest BCUT2D eigenvalue weighted by Gasteiger charge is 2.69. The molecule has 2 bridgehead atoms. The molecule has 0 N–H and O–H groups in total. The minimum atomic E-state index is -0.429. The first kappa shape index (κ1) is 14.5. The predicted molar refractivity (Wildman–Crippen MR) is 76.1 cm³/mol. The summed E-state index contributed by atoms with van der Waals surface area (Å²) < 4.78 is 4.97. The van der Waals surface area contributed by atoms with Gasteiger partial charge >= 0.3 is 11.9 Å². The quantitative estimate of drug-likeness (QED) is 0.455. The van der Waals surface area contributed by atoms with Crippen LogP contribution < -0.4 is 0 Å². The lowest BCUT2D eigenvalue weighted by molar-refractivity contribution is -0.155. The van der Waals surface area contributed by atoms with Crippen LogP contribution in [-0.4, -0.2) is 17.7 Å². The number of carbonyl (C=O) groups is 3. The predicted octanol–water partition coefficient (Wildman–Crippen LogP) is 2.66. The molecule has 0 spiro atoms. The second-order valence-corrected chi connectivity index (χ2v) is 7.52. The average molecular weight is 290 g/mol. The molecule has 4 unspecified atom stereocenters. The second-order valence-electron chi connectivity index (χ2n) is 7.52. The van der Waals surface area contributed by atoms with Gasteiger partial charge in [0.05, 0.1) is 11.8 Å². The van der Waals surface area contributed by atoms with Crippen LogP contribution in [0, 0.1) is 28.6 Å². The van der Waals surface area contributed by atoms with Gasteiger partial charge in [-0.15, -0.1) is 0 Å². The first-order valence-corrected chi connectivity index (χ1v) is 7.64. The van der Waals surface area contributed by atoms with E-state index in [9.17, 15) is 14.4 Å². The van der Waals surface area contributed by atoms with Crippen molar-refractivity contribution in [3.8, 4) is 0 Å². The molecule has 0 aromatic heterocycles. The number of ketones is 1. The van der Waals surface area contributed by atoms with Gasteiger partial charge in [0.15, 0.2) is 0 Å². The SMILES string of the molecule is CC(=O)CCC12C(C)=CC(CC1(C)C)C1C(=O)OC(=O)C12. The van der Waals surface area contributed by atoms with Crippen molar-refractivity contribution in [3.63, 3.8) is 0 Å². The number of cyclic esters (lactones) is 2. The van der Waals surface area contributed by atoms with E-state index in [0.717, 1.165) is 12.0 Å². The fourth-order valence-corrected chi connectivity index (χ4v) is 5.24. The molecule has 4 heteroatoms. The van der Waals surface area contributed by atoms with Gasteiger partial charge < -0.3 is 9.53 Å². The van der Waals surface area contributed by atoms with Crippen molar-refractivity contribution in [3.05, 3.63) is 11.6 Å². The summed E-state index contributed by atoms with van der Waals surface area (Å²) in [7, 11) is 0. The van der Waals surface area contributed by atoms with Crippen LogP contribution in [0.15, 0.2) is 11.6 Å². The number of allylic oxidation sites excluding steroid dienone is 2. The molecule has 2 fully saturated rings. The highest BCUT2D eigenvalue weighted by molar-refractivity contribution is 5.98. The van der Waals surface area contributed by atoms with Gasteiger partial charge in [0.25, 0.3) is 0 Å². The summed E-state index contributed by atoms with van der Waals surface area (Å²) in [6.45, 7) is 7.93. The molecule has 1 saturated heterocycles. The van der Waals surface area contributed by atoms with E-state index in [4.69, 9.17) is 4.74 Å². The maximum absolute atomic E-state index is 12.3. The highest BCUT2D eigenvalue weighted by Crippen LogP contribution is 2.68. The normalized spacial score (nSPS) is 39.8. The number of ether oxygens (including phenoxy) is 1. The number of fused-ring (bicyclic) bond motifs is 1. The van der Waals surface area contributed by atoms with Crippen molar-refractivity contribution in [1.29, 1.82) is 0 Å². The number of esters is 2. The first-order chi connectivity index (χ1) is 9.70. The Morgan fingerprint density at radius 2 is 2.00 bits per heavy atom. The molecule has 4 aliphatic rings. The molecular weight excluding hydrogens is 268 g/mol. The van der Waals surface area contributed by atoms with Crippen molar-refractivity contribution in [2.75, 3.05) is 0 Å². The fraction of sp³-hybridized carbons (Fsp3) is 0.706. The Bertz CT molecular complexity index is 571. The standard InChI is InChI=1S/C17H22O4/c1-9-7-11-8-16(3,4)17(9,6-5-10(2)18)13-12(11)14(19)21-15(13)20/h7,11-13H,5-6,8H2,1-4H3. The van der Waals surface area contributed by atoms with Crippen molar-refractivity contribution in [2.24, 2.45) is 28.6 Å². The lowest BCUT2D eigenvalue weighted by atomic mass is 9.41. The summed E-state index contributed by atoms with van der Waals surface area (Å²) in [6.07, 6.45) is 4.07. The van der Waals surface area contributed by atoms with Gasteiger partial charge in [0, 0.05) is 11.8 Å². The minimum absolute atomic E-state index is 0.0863. The zero-order chi connectivity index (χ0) is 15.6. The van der Waals surface area contributed by atoms with Crippen LogP contribution >= 0.6 is 0 Å². The Morgan fingerprint density at radius 1 is 1.33 bits per heavy atom. The van der Waals surface area contributed by atoms with Crippen molar-refractivity contribution < 1.29 is 19.1 Å². The van der Waals surface area contributed by atoms with Crippen molar-refractivity contribution in [2.45, 2.75) is 47.0 Å². The number of rotatable bonds is 3. The monoisotopic (exact) mass is 290 g/mol. The molecule has 0 aromatic rings. The maximum atomic E-state index is 12.3. The Morgan fingerprint density at radius 3 is 2.57 bits per heavy atom. The van der Waals surface area contributed by atoms with E-state index in [1.165, 1.54) is 0 Å². The lowest BCUT2D eigenvalue weighted by Gasteiger charge is -2.60. The highest BCUT2D eigenvalue weighted by atomic mass is 16.6. The Balaban J connectivity index is 2.14. The van der Waals surface area contributed by atoms with E-state index in [-0.39, 0.29) is 29.0 Å². The zero-order valence-corrected chi connectivity index (χ0v) is 13.1. The number of Topliss-reactive ketones (excluding diaryl/α,β-unsaturated/α-hetero) is 1. The van der Waals surface area contributed by atoms with Gasteiger partial charge in [0.2, 0.25) is 0 Å². The third kappa shape index (κ3) is 1.71. The summed E-state index contributed by atoms with van der Waals surface area (Å²) in [5.74, 6) is -1.32. The number of carbonyl (C=O) groups excluding carboxylic acids is 3. The van der Waals surface area contributed by atoms with E-state index in [0.29, 0.717) is 12.8 Å². The van der Waals surface area contributed by atoms with Crippen LogP contribution in [0.4, 0.5) is 0 Å².